The molecule has 0 saturated heterocycles. The Labute approximate surface area is 142 Å². The minimum atomic E-state index is 0.481. The van der Waals surface area contributed by atoms with Crippen LogP contribution in [0.5, 0.6) is 0 Å². The molecule has 4 heteroatoms. The second-order valence-electron chi connectivity index (χ2n) is 4.73. The van der Waals surface area contributed by atoms with Gasteiger partial charge in [0.25, 0.3) is 0 Å². The first kappa shape index (κ1) is 16.2. The molecule has 0 fully saturated rings. The summed E-state index contributed by atoms with van der Waals surface area (Å²) in [5, 5.41) is 3.58. The summed E-state index contributed by atoms with van der Waals surface area (Å²) in [6.07, 6.45) is 2.39. The second-order valence-corrected chi connectivity index (χ2v) is 7.61. The number of nitrogens with one attached hydrogen (secondary N) is 1. The van der Waals surface area contributed by atoms with Gasteiger partial charge in [-0.2, -0.15) is 0 Å². The van der Waals surface area contributed by atoms with Crippen LogP contribution in [-0.2, 0) is 0 Å². The Kier molecular flexibility index (Phi) is 6.27. The van der Waals surface area contributed by atoms with E-state index in [1.807, 2.05) is 11.3 Å². The highest BCUT2D eigenvalue weighted by Crippen LogP contribution is 2.37. The summed E-state index contributed by atoms with van der Waals surface area (Å²) in [4.78, 5) is 2.74. The van der Waals surface area contributed by atoms with E-state index in [1.54, 1.807) is 0 Å². The average Bonchev–Trinajstić information content (AvgIpc) is 2.91. The van der Waals surface area contributed by atoms with Crippen LogP contribution in [0, 0.1) is 0 Å². The molecule has 2 aromatic rings. The third kappa shape index (κ3) is 3.94. The zero-order valence-electron chi connectivity index (χ0n) is 11.7. The summed E-state index contributed by atoms with van der Waals surface area (Å²) < 4.78 is 2.26. The highest BCUT2D eigenvalue weighted by molar-refractivity contribution is 9.11. The summed E-state index contributed by atoms with van der Waals surface area (Å²) in [5.74, 6) is 0. The van der Waals surface area contributed by atoms with Crippen molar-refractivity contribution in [1.82, 2.24) is 5.32 Å². The Morgan fingerprint density at radius 1 is 1.15 bits per heavy atom. The van der Waals surface area contributed by atoms with Crippen molar-refractivity contribution in [3.63, 3.8) is 0 Å². The van der Waals surface area contributed by atoms with Gasteiger partial charge in [-0.15, -0.1) is 11.3 Å². The van der Waals surface area contributed by atoms with Gasteiger partial charge >= 0.3 is 0 Å². The fourth-order valence-corrected chi connectivity index (χ4v) is 4.35. The molecular formula is C16H19Br2NS. The van der Waals surface area contributed by atoms with E-state index in [9.17, 15) is 0 Å². The molecule has 0 amide bonds. The maximum Gasteiger partial charge on any atom is 0.0414 e. The topological polar surface area (TPSA) is 12.0 Å². The lowest BCUT2D eigenvalue weighted by atomic mass is 10.1. The van der Waals surface area contributed by atoms with Gasteiger partial charge in [0.1, 0.15) is 0 Å². The molecule has 0 bridgehead atoms. The van der Waals surface area contributed by atoms with Crippen LogP contribution in [0.4, 0.5) is 0 Å². The molecular weight excluding hydrogens is 398 g/mol. The van der Waals surface area contributed by atoms with Crippen molar-refractivity contribution in [3.05, 3.63) is 44.2 Å². The fourth-order valence-electron chi connectivity index (χ4n) is 2.25. The van der Waals surface area contributed by atoms with E-state index in [0.29, 0.717) is 6.04 Å². The smallest absolute Gasteiger partial charge is 0.0414 e. The Morgan fingerprint density at radius 2 is 1.95 bits per heavy atom. The van der Waals surface area contributed by atoms with Gasteiger partial charge in [-0.25, -0.2) is 0 Å². The highest BCUT2D eigenvalue weighted by atomic mass is 79.9. The Balaban J connectivity index is 2.29. The molecule has 0 radical (unpaired) electrons. The second kappa shape index (κ2) is 7.74. The third-order valence-corrected chi connectivity index (χ3v) is 5.61. The van der Waals surface area contributed by atoms with E-state index < -0.39 is 0 Å². The van der Waals surface area contributed by atoms with Crippen molar-refractivity contribution in [1.29, 1.82) is 0 Å². The zero-order valence-corrected chi connectivity index (χ0v) is 15.7. The van der Waals surface area contributed by atoms with Crippen LogP contribution in [0.2, 0.25) is 0 Å². The molecule has 1 aromatic carbocycles. The largest absolute Gasteiger partial charge is 0.310 e. The number of hydrogen-bond acceptors (Lipinski definition) is 2. The third-order valence-electron chi connectivity index (χ3n) is 3.19. The van der Waals surface area contributed by atoms with E-state index in [2.05, 4.69) is 81.4 Å². The Hall–Kier alpha value is -0.160. The molecule has 1 unspecified atom stereocenters. The molecule has 108 valence electrons. The molecule has 20 heavy (non-hydrogen) atoms. The molecule has 0 aliphatic carbocycles. The van der Waals surface area contributed by atoms with Crippen molar-refractivity contribution in [2.75, 3.05) is 6.54 Å². The molecule has 2 rings (SSSR count). The van der Waals surface area contributed by atoms with Crippen molar-refractivity contribution >= 4 is 43.2 Å². The number of benzene rings is 1. The Bertz CT molecular complexity index is 559. The summed E-state index contributed by atoms with van der Waals surface area (Å²) in [7, 11) is 0. The summed E-state index contributed by atoms with van der Waals surface area (Å²) in [6, 6.07) is 11.3. The van der Waals surface area contributed by atoms with E-state index >= 15 is 0 Å². The van der Waals surface area contributed by atoms with Gasteiger partial charge in [-0.05, 0) is 43.3 Å². The van der Waals surface area contributed by atoms with Gasteiger partial charge in [-0.3, -0.25) is 0 Å². The van der Waals surface area contributed by atoms with Crippen molar-refractivity contribution in [2.24, 2.45) is 0 Å². The fraction of sp³-hybridized carbons (Fsp3) is 0.375. The number of hydrogen-bond donors (Lipinski definition) is 1. The lowest BCUT2D eigenvalue weighted by Crippen LogP contribution is -2.19. The van der Waals surface area contributed by atoms with E-state index in [0.717, 1.165) is 15.5 Å². The van der Waals surface area contributed by atoms with Gasteiger partial charge in [-0.1, -0.05) is 52.1 Å². The number of halogens is 2. The van der Waals surface area contributed by atoms with Gasteiger partial charge in [0.05, 0.1) is 0 Å². The maximum atomic E-state index is 3.65. The molecule has 1 heterocycles. The first-order valence-corrected chi connectivity index (χ1v) is 9.34. The normalized spacial score (nSPS) is 12.6. The molecule has 0 aliphatic heterocycles. The monoisotopic (exact) mass is 415 g/mol. The van der Waals surface area contributed by atoms with Crippen LogP contribution >= 0.6 is 43.2 Å². The predicted octanol–water partition coefficient (Wildman–Crippen LogP) is 6.39. The minimum absolute atomic E-state index is 0.481. The maximum absolute atomic E-state index is 3.65. The minimum Gasteiger partial charge on any atom is -0.310 e. The van der Waals surface area contributed by atoms with Crippen LogP contribution in [-0.4, -0.2) is 6.54 Å². The first-order valence-electron chi connectivity index (χ1n) is 6.94. The van der Waals surface area contributed by atoms with E-state index in [1.165, 1.54) is 28.2 Å². The first-order chi connectivity index (χ1) is 9.65. The van der Waals surface area contributed by atoms with Gasteiger partial charge < -0.3 is 5.32 Å². The van der Waals surface area contributed by atoms with Gasteiger partial charge in [0.15, 0.2) is 0 Å². The number of rotatable bonds is 6. The molecule has 1 nitrogen and oxygen atoms in total. The van der Waals surface area contributed by atoms with Gasteiger partial charge in [0.2, 0.25) is 0 Å². The van der Waals surface area contributed by atoms with Crippen LogP contribution < -0.4 is 5.32 Å². The summed E-state index contributed by atoms with van der Waals surface area (Å²) in [5.41, 5.74) is 1.25. The molecule has 1 atom stereocenters. The van der Waals surface area contributed by atoms with Crippen molar-refractivity contribution in [3.8, 4) is 10.4 Å². The standard InChI is InChI=1S/C16H19Br2NS/c1-3-5-14(19-4-2)16-9-8-15(20-16)12-10-11(17)6-7-13(12)18/h6-10,14,19H,3-5H2,1-2H3. The van der Waals surface area contributed by atoms with Crippen molar-refractivity contribution < 1.29 is 0 Å². The van der Waals surface area contributed by atoms with Crippen molar-refractivity contribution in [2.45, 2.75) is 32.7 Å². The van der Waals surface area contributed by atoms with Crippen LogP contribution in [0.15, 0.2) is 39.3 Å². The van der Waals surface area contributed by atoms with Crippen LogP contribution in [0.3, 0.4) is 0 Å². The Morgan fingerprint density at radius 3 is 2.65 bits per heavy atom. The highest BCUT2D eigenvalue weighted by Gasteiger charge is 2.14. The summed E-state index contributed by atoms with van der Waals surface area (Å²) >= 11 is 9.08. The molecule has 1 aromatic heterocycles. The zero-order chi connectivity index (χ0) is 14.5. The molecule has 0 spiro atoms. The van der Waals surface area contributed by atoms with Crippen LogP contribution in [0.25, 0.3) is 10.4 Å². The number of thiophene rings is 1. The SMILES string of the molecule is CCCC(NCC)c1ccc(-c2cc(Br)ccc2Br)s1. The average molecular weight is 417 g/mol. The van der Waals surface area contributed by atoms with Gasteiger partial charge in [0, 0.05) is 30.3 Å². The molecule has 0 saturated carbocycles. The van der Waals surface area contributed by atoms with E-state index in [-0.39, 0.29) is 0 Å². The molecule has 1 N–H and O–H groups in total. The van der Waals surface area contributed by atoms with Crippen LogP contribution in [0.1, 0.15) is 37.6 Å². The lowest BCUT2D eigenvalue weighted by Gasteiger charge is -2.15. The van der Waals surface area contributed by atoms with E-state index in [4.69, 9.17) is 0 Å². The lowest BCUT2D eigenvalue weighted by molar-refractivity contribution is 0.516. The summed E-state index contributed by atoms with van der Waals surface area (Å²) in [6.45, 7) is 5.42. The molecule has 0 aliphatic rings. The quantitative estimate of drug-likeness (QED) is 0.574. The predicted molar refractivity (Wildman–Crippen MR) is 96.5 cm³/mol.